The van der Waals surface area contributed by atoms with Crippen molar-refractivity contribution in [1.29, 1.82) is 0 Å². The van der Waals surface area contributed by atoms with E-state index in [2.05, 4.69) is 51.9 Å². The highest BCUT2D eigenvalue weighted by Crippen LogP contribution is 2.20. The maximum absolute atomic E-state index is 14.1. The molecule has 1 aromatic heterocycles. The lowest BCUT2D eigenvalue weighted by molar-refractivity contribution is -0.137. The van der Waals surface area contributed by atoms with Crippen molar-refractivity contribution in [1.82, 2.24) is 46.8 Å². The standard InChI is InChI=1S/C43H74N18O12/c1-23(55-40(70)34(32(63)18-47)60-36(66)26(48)8-2-4-12-44)35(65)53-20-33(64)56-28(10-6-14-46)41(71)61-21-25(62)17-31(61)39(69)59-30(16-24-19-51-22-54-24)38(68)57-27(9-3-5-13-45)37(67)58-29(42(72)73)11-7-15-52-43(49)50/h11,19,22-23,25-27,30-32,34,62-63H,2-10,12-18,20-21,44-48H2,1H3,(H,51,54)(H,53,65)(H,55,70)(H,57,68)(H,58,67)(H,59,69)(H,60,66)(H,72,73)(H4,49,50,52)/b29-11-,56-28?/t23-,25+,26-,27-,30-,31-,32-,34-/m0/s1. The lowest BCUT2D eigenvalue weighted by Crippen LogP contribution is -2.60. The van der Waals surface area contributed by atoms with Crippen LogP contribution in [0.25, 0.3) is 0 Å². The summed E-state index contributed by atoms with van der Waals surface area (Å²) in [5.74, 6) is -8.99. The highest BCUT2D eigenvalue weighted by Gasteiger charge is 2.42. The van der Waals surface area contributed by atoms with Crippen molar-refractivity contribution in [2.75, 3.05) is 45.8 Å². The average Bonchev–Trinajstić information content (AvgIpc) is 4.02. The van der Waals surface area contributed by atoms with Crippen LogP contribution in [0.1, 0.15) is 76.8 Å². The monoisotopic (exact) mass is 1030 g/mol. The average molecular weight is 1040 g/mol. The molecule has 0 aliphatic carbocycles. The highest BCUT2D eigenvalue weighted by atomic mass is 16.4. The Morgan fingerprint density at radius 3 is 2.14 bits per heavy atom. The molecule has 8 amide bonds. The van der Waals surface area contributed by atoms with E-state index in [1.807, 2.05) is 0 Å². The molecule has 1 saturated heterocycles. The Morgan fingerprint density at radius 2 is 1.53 bits per heavy atom. The number of aliphatic hydroxyl groups excluding tert-OH is 2. The SMILES string of the molecule is C[C@H](NC(=O)[C@@H](NC(=O)[C@@H](N)CCCCN)[C@@H](O)CN)C(=O)NCC(=O)N=C(CCCN)C(=O)N1C[C@H](O)C[C@H]1C(=O)N[C@@H](Cc1cnc[nH]1)C(=O)N[C@@H](CCCCN)C(=O)N/C(=C\CCN=C(N)N)C(=O)O. The molecule has 30 heteroatoms. The van der Waals surface area contributed by atoms with Crippen molar-refractivity contribution in [3.63, 3.8) is 0 Å². The maximum Gasteiger partial charge on any atom is 0.352 e. The highest BCUT2D eigenvalue weighted by molar-refractivity contribution is 6.40. The fourth-order valence-electron chi connectivity index (χ4n) is 7.12. The van der Waals surface area contributed by atoms with Gasteiger partial charge in [-0.05, 0) is 77.9 Å². The summed E-state index contributed by atoms with van der Waals surface area (Å²) in [6, 6.07) is -8.16. The van der Waals surface area contributed by atoms with Crippen LogP contribution in [0, 0.1) is 0 Å². The number of aromatic nitrogens is 2. The number of β-amino-alcohol motifs (C(OH)–C–C–N with tert-alkyl or cyclic N) is 1. The Morgan fingerprint density at radius 1 is 0.863 bits per heavy atom. The number of nitrogens with zero attached hydrogens (tertiary/aromatic N) is 4. The number of nitrogens with one attached hydrogen (secondary N) is 7. The van der Waals surface area contributed by atoms with Gasteiger partial charge in [-0.1, -0.05) is 12.5 Å². The molecular weight excluding hydrogens is 961 g/mol. The van der Waals surface area contributed by atoms with Gasteiger partial charge in [-0.2, -0.15) is 0 Å². The second-order valence-electron chi connectivity index (χ2n) is 17.0. The Hall–Kier alpha value is -6.96. The smallest absolute Gasteiger partial charge is 0.352 e. The van der Waals surface area contributed by atoms with Gasteiger partial charge in [0, 0.05) is 44.4 Å². The number of amides is 8. The molecule has 0 radical (unpaired) electrons. The van der Waals surface area contributed by atoms with E-state index in [1.54, 1.807) is 0 Å². The van der Waals surface area contributed by atoms with Gasteiger partial charge >= 0.3 is 5.97 Å². The predicted molar refractivity (Wildman–Crippen MR) is 264 cm³/mol. The summed E-state index contributed by atoms with van der Waals surface area (Å²) in [5, 5.41) is 45.3. The minimum Gasteiger partial charge on any atom is -0.477 e. The molecule has 0 unspecified atom stereocenters. The third kappa shape index (κ3) is 22.1. The number of aliphatic hydroxyl groups is 2. The fourth-order valence-corrected chi connectivity index (χ4v) is 7.12. The number of H-pyrrole nitrogens is 1. The number of guanidine groups is 1. The molecule has 2 heterocycles. The lowest BCUT2D eigenvalue weighted by atomic mass is 10.1. The molecular formula is C43H74N18O12. The summed E-state index contributed by atoms with van der Waals surface area (Å²) in [6.45, 7) is 0.348. The molecule has 1 aliphatic heterocycles. The molecule has 0 aromatic carbocycles. The summed E-state index contributed by atoms with van der Waals surface area (Å²) in [4.78, 5) is 135. The van der Waals surface area contributed by atoms with Crippen LogP contribution in [0.15, 0.2) is 34.3 Å². The minimum atomic E-state index is -1.59. The van der Waals surface area contributed by atoms with Crippen LogP contribution in [0.2, 0.25) is 0 Å². The van der Waals surface area contributed by atoms with E-state index in [9.17, 15) is 58.5 Å². The zero-order valence-corrected chi connectivity index (χ0v) is 40.9. The first-order valence-electron chi connectivity index (χ1n) is 23.8. The first-order valence-corrected chi connectivity index (χ1v) is 23.8. The van der Waals surface area contributed by atoms with Gasteiger partial charge in [0.2, 0.25) is 35.4 Å². The van der Waals surface area contributed by atoms with Gasteiger partial charge in [0.25, 0.3) is 11.8 Å². The van der Waals surface area contributed by atoms with Gasteiger partial charge < -0.3 is 97.2 Å². The molecule has 0 bridgehead atoms. The number of carbonyl (C=O) groups is 9. The van der Waals surface area contributed by atoms with Crippen LogP contribution in [-0.2, 0) is 49.6 Å². The summed E-state index contributed by atoms with van der Waals surface area (Å²) < 4.78 is 0. The van der Waals surface area contributed by atoms with Crippen LogP contribution in [0.5, 0.6) is 0 Å². The third-order valence-corrected chi connectivity index (χ3v) is 11.1. The van der Waals surface area contributed by atoms with E-state index in [1.165, 1.54) is 25.5 Å². The first kappa shape index (κ1) is 62.2. The number of imidazole rings is 1. The van der Waals surface area contributed by atoms with E-state index in [0.717, 1.165) is 4.90 Å². The number of hydrogen-bond acceptors (Lipinski definition) is 18. The topological polar surface area (TPSA) is 525 Å². The van der Waals surface area contributed by atoms with Crippen LogP contribution in [0.4, 0.5) is 0 Å². The summed E-state index contributed by atoms with van der Waals surface area (Å²) >= 11 is 0. The quantitative estimate of drug-likeness (QED) is 0.0135. The number of rotatable bonds is 33. The van der Waals surface area contributed by atoms with Crippen molar-refractivity contribution in [3.8, 4) is 0 Å². The molecule has 8 atom stereocenters. The molecule has 408 valence electrons. The zero-order valence-electron chi connectivity index (χ0n) is 40.9. The van der Waals surface area contributed by atoms with E-state index >= 15 is 0 Å². The second kappa shape index (κ2) is 32.9. The molecule has 0 spiro atoms. The Balaban J connectivity index is 2.28. The second-order valence-corrected chi connectivity index (χ2v) is 17.0. The number of likely N-dealkylation sites (tertiary alicyclic amines) is 1. The zero-order chi connectivity index (χ0) is 54.6. The minimum absolute atomic E-state index is 0.00861. The molecule has 0 saturated carbocycles. The normalized spacial score (nSPS) is 17.2. The number of hydrogen-bond donors (Lipinski definition) is 17. The fraction of sp³-hybridized carbons (Fsp3) is 0.628. The summed E-state index contributed by atoms with van der Waals surface area (Å²) in [6.07, 6.45) is 2.74. The largest absolute Gasteiger partial charge is 0.477 e. The molecule has 2 rings (SSSR count). The van der Waals surface area contributed by atoms with Crippen LogP contribution < -0.4 is 72.0 Å². The van der Waals surface area contributed by atoms with Crippen molar-refractivity contribution < 1.29 is 58.5 Å². The van der Waals surface area contributed by atoms with Crippen LogP contribution in [-0.4, -0.2) is 189 Å². The molecule has 1 aliphatic rings. The number of carbonyl (C=O) groups excluding carboxylic acids is 8. The van der Waals surface area contributed by atoms with E-state index in [4.69, 9.17) is 40.1 Å². The van der Waals surface area contributed by atoms with E-state index < -0.39 is 127 Å². The number of aliphatic imine (C=N–C) groups is 2. The predicted octanol–water partition coefficient (Wildman–Crippen LogP) is -7.65. The van der Waals surface area contributed by atoms with Gasteiger partial charge in [0.1, 0.15) is 41.6 Å². The Labute approximate surface area is 421 Å². The van der Waals surface area contributed by atoms with Crippen molar-refractivity contribution in [2.24, 2.45) is 50.1 Å². The van der Waals surface area contributed by atoms with E-state index in [-0.39, 0.29) is 76.3 Å². The maximum atomic E-state index is 14.1. The number of nitrogens with two attached hydrogens (primary N) is 7. The van der Waals surface area contributed by atoms with Crippen molar-refractivity contribution in [2.45, 2.75) is 126 Å². The van der Waals surface area contributed by atoms with Crippen molar-refractivity contribution in [3.05, 3.63) is 30.0 Å². The van der Waals surface area contributed by atoms with Crippen molar-refractivity contribution >= 4 is 64.9 Å². The summed E-state index contributed by atoms with van der Waals surface area (Å²) in [5.41, 5.74) is 38.4. The Kier molecular flexibility index (Phi) is 28.0. The number of aliphatic carboxylic acids is 1. The van der Waals surface area contributed by atoms with Crippen LogP contribution in [0.3, 0.4) is 0 Å². The first-order chi connectivity index (χ1) is 34.7. The summed E-state index contributed by atoms with van der Waals surface area (Å²) in [7, 11) is 0. The van der Waals surface area contributed by atoms with Gasteiger partial charge in [-0.25, -0.2) is 14.8 Å². The molecule has 1 fully saturated rings. The molecule has 24 N–H and O–H groups in total. The van der Waals surface area contributed by atoms with Gasteiger partial charge in [-0.3, -0.25) is 43.3 Å². The number of unbranched alkanes of at least 4 members (excludes halogenated alkanes) is 2. The molecule has 73 heavy (non-hydrogen) atoms. The number of carboxylic acid groups (broad SMARTS) is 1. The van der Waals surface area contributed by atoms with Crippen LogP contribution >= 0.6 is 0 Å². The van der Waals surface area contributed by atoms with Gasteiger partial charge in [0.15, 0.2) is 5.96 Å². The third-order valence-electron chi connectivity index (χ3n) is 11.1. The number of aromatic amines is 1. The van der Waals surface area contributed by atoms with Gasteiger partial charge in [0.05, 0.1) is 31.1 Å². The number of carboxylic acids is 1. The van der Waals surface area contributed by atoms with E-state index in [0.29, 0.717) is 37.9 Å². The molecule has 1 aromatic rings. The lowest BCUT2D eigenvalue weighted by Gasteiger charge is -2.27. The molecule has 30 nitrogen and oxygen atoms in total. The van der Waals surface area contributed by atoms with Gasteiger partial charge in [-0.15, -0.1) is 0 Å². The Bertz CT molecular complexity index is 2100.